The molecule has 0 aromatic heterocycles. The Morgan fingerprint density at radius 1 is 1.06 bits per heavy atom. The fourth-order valence-electron chi connectivity index (χ4n) is 2.03. The lowest BCUT2D eigenvalue weighted by Gasteiger charge is -2.30. The van der Waals surface area contributed by atoms with E-state index >= 15 is 0 Å². The summed E-state index contributed by atoms with van der Waals surface area (Å²) in [4.78, 5) is 0. The topological polar surface area (TPSA) is 40.5 Å². The van der Waals surface area contributed by atoms with Gasteiger partial charge in [-0.1, -0.05) is 50.6 Å². The van der Waals surface area contributed by atoms with Crippen molar-refractivity contribution in [3.05, 3.63) is 35.9 Å². The number of benzene rings is 1. The largest absolute Gasteiger partial charge is 0.396 e. The standard InChI is InChI=1S/C15H24O2/c1-13(2)8-9-15(11-16,12-17)10-14-6-4-3-5-7-14/h3-7,13,16-17H,8-12H2,1-2H3. The SMILES string of the molecule is CC(C)CCC(CO)(CO)Cc1ccccc1. The van der Waals surface area contributed by atoms with E-state index in [2.05, 4.69) is 26.0 Å². The van der Waals surface area contributed by atoms with E-state index in [0.29, 0.717) is 5.92 Å². The molecule has 0 saturated carbocycles. The van der Waals surface area contributed by atoms with Crippen LogP contribution in [0.5, 0.6) is 0 Å². The third-order valence-electron chi connectivity index (χ3n) is 3.34. The molecular formula is C15H24O2. The number of aliphatic hydroxyl groups is 2. The minimum Gasteiger partial charge on any atom is -0.396 e. The molecule has 0 heterocycles. The van der Waals surface area contributed by atoms with Crippen molar-refractivity contribution in [2.45, 2.75) is 33.1 Å². The second-order valence-electron chi connectivity index (χ2n) is 5.41. The Kier molecular flexibility index (Phi) is 5.66. The van der Waals surface area contributed by atoms with Gasteiger partial charge in [0.05, 0.1) is 13.2 Å². The van der Waals surface area contributed by atoms with Crippen molar-refractivity contribution in [3.63, 3.8) is 0 Å². The Bertz CT molecular complexity index is 302. The summed E-state index contributed by atoms with van der Waals surface area (Å²) in [5, 5.41) is 19.2. The van der Waals surface area contributed by atoms with Crippen molar-refractivity contribution in [3.8, 4) is 0 Å². The lowest BCUT2D eigenvalue weighted by atomic mass is 9.78. The molecule has 1 rings (SSSR count). The average Bonchev–Trinajstić information content (AvgIpc) is 2.36. The predicted molar refractivity (Wildman–Crippen MR) is 70.8 cm³/mol. The lowest BCUT2D eigenvalue weighted by molar-refractivity contribution is 0.0428. The zero-order chi connectivity index (χ0) is 12.7. The Morgan fingerprint density at radius 3 is 2.12 bits per heavy atom. The molecule has 0 radical (unpaired) electrons. The van der Waals surface area contributed by atoms with Crippen molar-refractivity contribution in [1.29, 1.82) is 0 Å². The normalized spacial score (nSPS) is 12.1. The van der Waals surface area contributed by atoms with Crippen molar-refractivity contribution >= 4 is 0 Å². The molecule has 0 bridgehead atoms. The molecule has 0 atom stereocenters. The molecule has 17 heavy (non-hydrogen) atoms. The summed E-state index contributed by atoms with van der Waals surface area (Å²) in [5.74, 6) is 0.600. The number of rotatable bonds is 7. The van der Waals surface area contributed by atoms with E-state index in [-0.39, 0.29) is 18.6 Å². The van der Waals surface area contributed by atoms with Crippen LogP contribution in [0, 0.1) is 11.3 Å². The molecule has 2 N–H and O–H groups in total. The molecule has 1 aromatic rings. The molecule has 0 aliphatic heterocycles. The molecule has 0 fully saturated rings. The molecule has 1 aromatic carbocycles. The van der Waals surface area contributed by atoms with Crippen LogP contribution in [-0.2, 0) is 6.42 Å². The van der Waals surface area contributed by atoms with Gasteiger partial charge < -0.3 is 10.2 Å². The van der Waals surface area contributed by atoms with Crippen LogP contribution in [0.25, 0.3) is 0 Å². The quantitative estimate of drug-likeness (QED) is 0.764. The van der Waals surface area contributed by atoms with Crippen LogP contribution in [0.4, 0.5) is 0 Å². The summed E-state index contributed by atoms with van der Waals surface area (Å²) in [7, 11) is 0. The second kappa shape index (κ2) is 6.77. The number of aliphatic hydroxyl groups excluding tert-OH is 2. The van der Waals surface area contributed by atoms with E-state index in [4.69, 9.17) is 0 Å². The van der Waals surface area contributed by atoms with Gasteiger partial charge in [-0.3, -0.25) is 0 Å². The first kappa shape index (κ1) is 14.2. The third kappa shape index (κ3) is 4.49. The first-order valence-corrected chi connectivity index (χ1v) is 6.37. The monoisotopic (exact) mass is 236 g/mol. The second-order valence-corrected chi connectivity index (χ2v) is 5.41. The highest BCUT2D eigenvalue weighted by Crippen LogP contribution is 2.29. The summed E-state index contributed by atoms with van der Waals surface area (Å²) < 4.78 is 0. The van der Waals surface area contributed by atoms with Crippen LogP contribution in [0.2, 0.25) is 0 Å². The molecule has 96 valence electrons. The molecule has 0 aliphatic rings. The predicted octanol–water partition coefficient (Wildman–Crippen LogP) is 2.64. The van der Waals surface area contributed by atoms with Crippen LogP contribution >= 0.6 is 0 Å². The molecule has 2 nitrogen and oxygen atoms in total. The summed E-state index contributed by atoms with van der Waals surface area (Å²) in [6.45, 7) is 4.43. The van der Waals surface area contributed by atoms with E-state index in [1.807, 2.05) is 18.2 Å². The maximum atomic E-state index is 9.59. The van der Waals surface area contributed by atoms with Gasteiger partial charge in [-0.25, -0.2) is 0 Å². The van der Waals surface area contributed by atoms with Gasteiger partial charge in [0.1, 0.15) is 0 Å². The molecule has 0 unspecified atom stereocenters. The molecule has 0 spiro atoms. The van der Waals surface area contributed by atoms with Gasteiger partial charge in [0.15, 0.2) is 0 Å². The molecule has 0 aliphatic carbocycles. The van der Waals surface area contributed by atoms with Crippen LogP contribution < -0.4 is 0 Å². The Morgan fingerprint density at radius 2 is 1.65 bits per heavy atom. The lowest BCUT2D eigenvalue weighted by Crippen LogP contribution is -2.32. The molecule has 0 saturated heterocycles. The highest BCUT2D eigenvalue weighted by molar-refractivity contribution is 5.16. The van der Waals surface area contributed by atoms with Crippen LogP contribution in [-0.4, -0.2) is 23.4 Å². The average molecular weight is 236 g/mol. The van der Waals surface area contributed by atoms with Gasteiger partial charge in [-0.15, -0.1) is 0 Å². The van der Waals surface area contributed by atoms with Gasteiger partial charge in [0, 0.05) is 5.41 Å². The van der Waals surface area contributed by atoms with Gasteiger partial charge in [-0.2, -0.15) is 0 Å². The smallest absolute Gasteiger partial charge is 0.0512 e. The Labute approximate surface area is 104 Å². The number of hydrogen-bond donors (Lipinski definition) is 2. The summed E-state index contributed by atoms with van der Waals surface area (Å²) >= 11 is 0. The van der Waals surface area contributed by atoms with Crippen LogP contribution in [0.1, 0.15) is 32.3 Å². The molecular weight excluding hydrogens is 212 g/mol. The van der Waals surface area contributed by atoms with Crippen LogP contribution in [0.3, 0.4) is 0 Å². The third-order valence-corrected chi connectivity index (χ3v) is 3.34. The maximum absolute atomic E-state index is 9.59. The highest BCUT2D eigenvalue weighted by atomic mass is 16.3. The zero-order valence-electron chi connectivity index (χ0n) is 10.9. The van der Waals surface area contributed by atoms with E-state index < -0.39 is 0 Å². The minimum absolute atomic E-state index is 0.0467. The maximum Gasteiger partial charge on any atom is 0.0512 e. The van der Waals surface area contributed by atoms with Gasteiger partial charge in [0.2, 0.25) is 0 Å². The summed E-state index contributed by atoms with van der Waals surface area (Å²) in [6, 6.07) is 10.1. The van der Waals surface area contributed by atoms with Crippen LogP contribution in [0.15, 0.2) is 30.3 Å². The fraction of sp³-hybridized carbons (Fsp3) is 0.600. The first-order chi connectivity index (χ1) is 8.12. The molecule has 0 amide bonds. The Hall–Kier alpha value is -0.860. The van der Waals surface area contributed by atoms with Crippen molar-refractivity contribution in [2.75, 3.05) is 13.2 Å². The van der Waals surface area contributed by atoms with Gasteiger partial charge >= 0.3 is 0 Å². The van der Waals surface area contributed by atoms with Crippen molar-refractivity contribution in [1.82, 2.24) is 0 Å². The summed E-state index contributed by atoms with van der Waals surface area (Å²) in [5.41, 5.74) is 0.811. The Balaban J connectivity index is 2.70. The minimum atomic E-state index is -0.369. The fourth-order valence-corrected chi connectivity index (χ4v) is 2.03. The molecule has 2 heteroatoms. The van der Waals surface area contributed by atoms with Gasteiger partial charge in [-0.05, 0) is 24.3 Å². The highest BCUT2D eigenvalue weighted by Gasteiger charge is 2.28. The van der Waals surface area contributed by atoms with Gasteiger partial charge in [0.25, 0.3) is 0 Å². The number of hydrogen-bond acceptors (Lipinski definition) is 2. The van der Waals surface area contributed by atoms with Crippen molar-refractivity contribution < 1.29 is 10.2 Å². The van der Waals surface area contributed by atoms with E-state index in [0.717, 1.165) is 19.3 Å². The zero-order valence-corrected chi connectivity index (χ0v) is 10.9. The van der Waals surface area contributed by atoms with E-state index in [1.165, 1.54) is 5.56 Å². The van der Waals surface area contributed by atoms with E-state index in [1.54, 1.807) is 0 Å². The van der Waals surface area contributed by atoms with Crippen molar-refractivity contribution in [2.24, 2.45) is 11.3 Å². The summed E-state index contributed by atoms with van der Waals surface area (Å²) in [6.07, 6.45) is 2.65. The van der Waals surface area contributed by atoms with E-state index in [9.17, 15) is 10.2 Å². The first-order valence-electron chi connectivity index (χ1n) is 6.37.